The molecule has 6 nitrogen and oxygen atoms in total. The van der Waals surface area contributed by atoms with Crippen molar-refractivity contribution < 1.29 is 5.11 Å². The molecule has 2 rings (SSSR count). The number of aromatic nitrogens is 2. The Labute approximate surface area is 114 Å². The molecular weight excluding hydrogens is 300 g/mol. The van der Waals surface area contributed by atoms with Crippen molar-refractivity contribution in [1.29, 1.82) is 0 Å². The molecule has 18 heavy (non-hydrogen) atoms. The molecule has 2 heterocycles. The molecule has 0 spiro atoms. The number of halogens is 1. The van der Waals surface area contributed by atoms with Crippen LogP contribution in [0.2, 0.25) is 0 Å². The lowest BCUT2D eigenvalue weighted by Gasteiger charge is -2.28. The van der Waals surface area contributed by atoms with E-state index in [1.54, 1.807) is 0 Å². The largest absolute Gasteiger partial charge is 0.391 e. The average Bonchev–Trinajstić information content (AvgIpc) is 2.62. The van der Waals surface area contributed by atoms with Gasteiger partial charge in [0.05, 0.1) is 12.4 Å². The molecule has 0 saturated carbocycles. The molecule has 7 heteroatoms. The van der Waals surface area contributed by atoms with Crippen molar-refractivity contribution in [2.75, 3.05) is 32.1 Å². The van der Waals surface area contributed by atoms with E-state index in [1.807, 2.05) is 19.0 Å². The Kier molecular flexibility index (Phi) is 4.04. The Balaban J connectivity index is 2.30. The fraction of sp³-hybridized carbons (Fsp3) is 0.636. The van der Waals surface area contributed by atoms with Crippen molar-refractivity contribution in [3.63, 3.8) is 0 Å². The number of H-pyrrole nitrogens is 1. The fourth-order valence-electron chi connectivity index (χ4n) is 2.32. The van der Waals surface area contributed by atoms with Crippen molar-refractivity contribution in [2.45, 2.75) is 18.6 Å². The Bertz CT molecular complexity index is 476. The van der Waals surface area contributed by atoms with Gasteiger partial charge >= 0.3 is 0 Å². The minimum Gasteiger partial charge on any atom is -0.391 e. The summed E-state index contributed by atoms with van der Waals surface area (Å²) in [6.45, 7) is 1.32. The van der Waals surface area contributed by atoms with Gasteiger partial charge in [-0.15, -0.1) is 0 Å². The third-order valence-corrected chi connectivity index (χ3v) is 3.73. The molecule has 0 aliphatic carbocycles. The maximum atomic E-state index is 11.6. The standard InChI is InChI=1S/C11H17BrN4O2/c1-15(2)4-7-3-8(17)5-16(7)10-9(12)11(18)14-6-13-10/h6-8,17H,3-5H2,1-2H3,(H,13,14,18). The number of aliphatic hydroxyl groups excluding tert-OH is 1. The van der Waals surface area contributed by atoms with Crippen LogP contribution in [0.1, 0.15) is 6.42 Å². The number of likely N-dealkylation sites (N-methyl/N-ethyl adjacent to an activating group) is 1. The predicted octanol–water partition coefficient (Wildman–Crippen LogP) is 0.0336. The van der Waals surface area contributed by atoms with Gasteiger partial charge < -0.3 is 19.9 Å². The molecule has 2 N–H and O–H groups in total. The number of aliphatic hydroxyl groups is 1. The van der Waals surface area contributed by atoms with Crippen LogP contribution in [0.3, 0.4) is 0 Å². The monoisotopic (exact) mass is 316 g/mol. The quantitative estimate of drug-likeness (QED) is 0.823. The highest BCUT2D eigenvalue weighted by Crippen LogP contribution is 2.28. The zero-order chi connectivity index (χ0) is 13.3. The van der Waals surface area contributed by atoms with E-state index in [9.17, 15) is 9.90 Å². The first kappa shape index (κ1) is 13.5. The second kappa shape index (κ2) is 5.38. The summed E-state index contributed by atoms with van der Waals surface area (Å²) in [6, 6.07) is 0.167. The van der Waals surface area contributed by atoms with Gasteiger partial charge in [-0.05, 0) is 36.4 Å². The molecule has 2 unspecified atom stereocenters. The molecule has 2 atom stereocenters. The highest BCUT2D eigenvalue weighted by Gasteiger charge is 2.33. The predicted molar refractivity (Wildman–Crippen MR) is 72.9 cm³/mol. The van der Waals surface area contributed by atoms with Gasteiger partial charge in [-0.1, -0.05) is 0 Å². The van der Waals surface area contributed by atoms with E-state index >= 15 is 0 Å². The van der Waals surface area contributed by atoms with Crippen LogP contribution in [-0.2, 0) is 0 Å². The zero-order valence-corrected chi connectivity index (χ0v) is 12.0. The number of β-amino-alcohol motifs (C(OH)–C–C–N with tert-alkyl or cyclic N) is 1. The van der Waals surface area contributed by atoms with Crippen LogP contribution >= 0.6 is 15.9 Å². The molecular formula is C11H17BrN4O2. The lowest BCUT2D eigenvalue weighted by Crippen LogP contribution is -2.38. The number of nitrogens with zero attached hydrogens (tertiary/aromatic N) is 3. The van der Waals surface area contributed by atoms with Crippen LogP contribution in [0.5, 0.6) is 0 Å². The molecule has 1 aliphatic heterocycles. The normalized spacial score (nSPS) is 23.9. The Hall–Kier alpha value is -0.920. The maximum Gasteiger partial charge on any atom is 0.267 e. The summed E-state index contributed by atoms with van der Waals surface area (Å²) in [6.07, 6.45) is 1.71. The van der Waals surface area contributed by atoms with Gasteiger partial charge in [0.1, 0.15) is 4.47 Å². The van der Waals surface area contributed by atoms with Crippen molar-refractivity contribution in [3.8, 4) is 0 Å². The van der Waals surface area contributed by atoms with Crippen LogP contribution in [0.15, 0.2) is 15.6 Å². The summed E-state index contributed by atoms with van der Waals surface area (Å²) in [5, 5.41) is 9.82. The van der Waals surface area contributed by atoms with Crippen molar-refractivity contribution in [1.82, 2.24) is 14.9 Å². The van der Waals surface area contributed by atoms with Gasteiger partial charge in [0.25, 0.3) is 5.56 Å². The molecule has 1 aromatic rings. The van der Waals surface area contributed by atoms with Gasteiger partial charge in [0.2, 0.25) is 0 Å². The van der Waals surface area contributed by atoms with Crippen LogP contribution in [0.4, 0.5) is 5.82 Å². The van der Waals surface area contributed by atoms with Crippen LogP contribution in [0, 0.1) is 0 Å². The summed E-state index contributed by atoms with van der Waals surface area (Å²) < 4.78 is 0.419. The third kappa shape index (κ3) is 2.73. The first-order chi connectivity index (χ1) is 8.49. The van der Waals surface area contributed by atoms with E-state index in [2.05, 4.69) is 30.8 Å². The van der Waals surface area contributed by atoms with Gasteiger partial charge in [-0.2, -0.15) is 0 Å². The number of rotatable bonds is 3. The lowest BCUT2D eigenvalue weighted by atomic mass is 10.2. The first-order valence-electron chi connectivity index (χ1n) is 5.81. The van der Waals surface area contributed by atoms with Gasteiger partial charge in [0.15, 0.2) is 5.82 Å². The maximum absolute atomic E-state index is 11.6. The Morgan fingerprint density at radius 1 is 1.67 bits per heavy atom. The van der Waals surface area contributed by atoms with E-state index in [0.29, 0.717) is 23.3 Å². The number of hydrogen-bond donors (Lipinski definition) is 2. The van der Waals surface area contributed by atoms with Crippen LogP contribution in [-0.4, -0.2) is 59.3 Å². The molecule has 0 bridgehead atoms. The fourth-order valence-corrected chi connectivity index (χ4v) is 2.76. The zero-order valence-electron chi connectivity index (χ0n) is 10.4. The number of aromatic amines is 1. The molecule has 0 aromatic carbocycles. The van der Waals surface area contributed by atoms with Crippen LogP contribution in [0.25, 0.3) is 0 Å². The van der Waals surface area contributed by atoms with Gasteiger partial charge in [-0.3, -0.25) is 4.79 Å². The van der Waals surface area contributed by atoms with E-state index < -0.39 is 0 Å². The molecule has 0 radical (unpaired) electrons. The Morgan fingerprint density at radius 3 is 3.06 bits per heavy atom. The summed E-state index contributed by atoms with van der Waals surface area (Å²) in [5.41, 5.74) is -0.204. The van der Waals surface area contributed by atoms with E-state index in [4.69, 9.17) is 0 Å². The third-order valence-electron chi connectivity index (χ3n) is 3.02. The second-order valence-electron chi connectivity index (χ2n) is 4.83. The van der Waals surface area contributed by atoms with Crippen LogP contribution < -0.4 is 10.5 Å². The lowest BCUT2D eigenvalue weighted by molar-refractivity contribution is 0.191. The molecule has 1 saturated heterocycles. The number of nitrogens with one attached hydrogen (secondary N) is 1. The summed E-state index contributed by atoms with van der Waals surface area (Å²) in [5.74, 6) is 0.599. The SMILES string of the molecule is CN(C)CC1CC(O)CN1c1nc[nH]c(=O)c1Br. The van der Waals surface area contributed by atoms with Crippen molar-refractivity contribution in [3.05, 3.63) is 21.2 Å². The minimum atomic E-state index is -0.372. The summed E-state index contributed by atoms with van der Waals surface area (Å²) >= 11 is 3.26. The Morgan fingerprint density at radius 2 is 2.39 bits per heavy atom. The molecule has 100 valence electrons. The second-order valence-corrected chi connectivity index (χ2v) is 5.62. The molecule has 0 amide bonds. The summed E-state index contributed by atoms with van der Waals surface area (Å²) in [7, 11) is 3.98. The van der Waals surface area contributed by atoms with Crippen molar-refractivity contribution >= 4 is 21.7 Å². The number of hydrogen-bond acceptors (Lipinski definition) is 5. The molecule has 1 fully saturated rings. The molecule has 1 aromatic heterocycles. The van der Waals surface area contributed by atoms with E-state index in [0.717, 1.165) is 6.54 Å². The topological polar surface area (TPSA) is 72.5 Å². The highest BCUT2D eigenvalue weighted by molar-refractivity contribution is 9.10. The summed E-state index contributed by atoms with van der Waals surface area (Å²) in [4.78, 5) is 22.3. The highest BCUT2D eigenvalue weighted by atomic mass is 79.9. The van der Waals surface area contributed by atoms with E-state index in [-0.39, 0.29) is 17.7 Å². The minimum absolute atomic E-state index is 0.167. The van der Waals surface area contributed by atoms with Crippen molar-refractivity contribution in [2.24, 2.45) is 0 Å². The molecule has 1 aliphatic rings. The van der Waals surface area contributed by atoms with E-state index in [1.165, 1.54) is 6.33 Å². The number of anilines is 1. The first-order valence-corrected chi connectivity index (χ1v) is 6.61. The smallest absolute Gasteiger partial charge is 0.267 e. The van der Waals surface area contributed by atoms with Gasteiger partial charge in [0, 0.05) is 19.1 Å². The van der Waals surface area contributed by atoms with Gasteiger partial charge in [-0.25, -0.2) is 4.98 Å². The average molecular weight is 317 g/mol.